The van der Waals surface area contributed by atoms with Crippen molar-refractivity contribution < 1.29 is 14.0 Å². The van der Waals surface area contributed by atoms with Crippen LogP contribution in [0.5, 0.6) is 0 Å². The number of aromatic nitrogens is 2. The number of carbonyl (C=O) groups excluding carboxylic acids is 2. The number of anilines is 1. The van der Waals surface area contributed by atoms with Gasteiger partial charge in [-0.2, -0.15) is 5.10 Å². The number of rotatable bonds is 7. The Morgan fingerprint density at radius 3 is 2.72 bits per heavy atom. The summed E-state index contributed by atoms with van der Waals surface area (Å²) in [4.78, 5) is 29.3. The Morgan fingerprint density at radius 1 is 1.28 bits per heavy atom. The number of fused-ring (bicyclic) bond motifs is 1. The van der Waals surface area contributed by atoms with E-state index in [0.29, 0.717) is 6.54 Å². The number of likely N-dealkylation sites (N-methyl/N-ethyl adjacent to an activating group) is 1. The minimum absolute atomic E-state index is 0.0299. The highest BCUT2D eigenvalue weighted by Crippen LogP contribution is 2.27. The van der Waals surface area contributed by atoms with Gasteiger partial charge in [0.2, 0.25) is 11.8 Å². The molecule has 32 heavy (non-hydrogen) atoms. The number of furan rings is 1. The molecular formula is C24H31N5O3. The third-order valence-corrected chi connectivity index (χ3v) is 6.37. The molecule has 0 bridgehead atoms. The van der Waals surface area contributed by atoms with Crippen molar-refractivity contribution in [3.8, 4) is 0 Å². The number of aryl methyl sites for hydroxylation is 1. The van der Waals surface area contributed by atoms with E-state index in [-0.39, 0.29) is 23.8 Å². The molecule has 8 heteroatoms. The second-order valence-corrected chi connectivity index (χ2v) is 8.49. The van der Waals surface area contributed by atoms with E-state index in [1.54, 1.807) is 15.8 Å². The summed E-state index contributed by atoms with van der Waals surface area (Å²) in [5, 5.41) is 8.18. The molecular weight excluding hydrogens is 406 g/mol. The Kier molecular flexibility index (Phi) is 6.60. The normalized spacial score (nSPS) is 16.2. The number of likely N-dealkylation sites (tertiary alicyclic amines) is 1. The van der Waals surface area contributed by atoms with Crippen LogP contribution in [0.2, 0.25) is 0 Å². The Labute approximate surface area is 188 Å². The minimum Gasteiger partial charge on any atom is -0.459 e. The lowest BCUT2D eigenvalue weighted by molar-refractivity contribution is -0.133. The number of hydrogen-bond acceptors (Lipinski definition) is 5. The number of nitrogens with one attached hydrogen (secondary N) is 1. The van der Waals surface area contributed by atoms with E-state index < -0.39 is 0 Å². The molecule has 0 radical (unpaired) electrons. The van der Waals surface area contributed by atoms with Crippen LogP contribution in [0.4, 0.5) is 5.69 Å². The monoisotopic (exact) mass is 437 g/mol. The van der Waals surface area contributed by atoms with Crippen LogP contribution in [-0.2, 0) is 16.1 Å². The van der Waals surface area contributed by atoms with E-state index in [1.807, 2.05) is 57.4 Å². The second kappa shape index (κ2) is 9.56. The fraction of sp³-hybridized carbons (Fsp3) is 0.458. The molecule has 1 aromatic carbocycles. The highest BCUT2D eigenvalue weighted by molar-refractivity contribution is 5.92. The Hall–Kier alpha value is -3.13. The van der Waals surface area contributed by atoms with Gasteiger partial charge < -0.3 is 14.6 Å². The summed E-state index contributed by atoms with van der Waals surface area (Å²) in [6, 6.07) is 9.71. The Morgan fingerprint density at radius 2 is 2.03 bits per heavy atom. The van der Waals surface area contributed by atoms with Crippen molar-refractivity contribution in [1.29, 1.82) is 0 Å². The van der Waals surface area contributed by atoms with Crippen LogP contribution >= 0.6 is 0 Å². The summed E-state index contributed by atoms with van der Waals surface area (Å²) in [6.45, 7) is 6.55. The number of hydrogen-bond donors (Lipinski definition) is 1. The van der Waals surface area contributed by atoms with E-state index in [9.17, 15) is 9.59 Å². The Balaban J connectivity index is 1.26. The zero-order valence-electron chi connectivity index (χ0n) is 19.0. The molecule has 1 aliphatic heterocycles. The lowest BCUT2D eigenvalue weighted by Crippen LogP contribution is -2.44. The van der Waals surface area contributed by atoms with Crippen LogP contribution in [0.15, 0.2) is 47.1 Å². The summed E-state index contributed by atoms with van der Waals surface area (Å²) < 4.78 is 7.72. The van der Waals surface area contributed by atoms with Crippen LogP contribution in [0, 0.1) is 5.92 Å². The molecule has 8 nitrogen and oxygen atoms in total. The van der Waals surface area contributed by atoms with Crippen LogP contribution in [-0.4, -0.2) is 58.1 Å². The standard InChI is InChI=1S/C24H31N5O3/c1-4-29-15-20(14-25-29)26-24(31)18-9-11-28(12-10-18)16-23(30)27(3)17(2)22-13-19-7-5-6-8-21(19)32-22/h5-8,13-15,17-18H,4,9-12,16H2,1-3H3,(H,26,31). The maximum absolute atomic E-state index is 12.9. The van der Waals surface area contributed by atoms with Gasteiger partial charge in [-0.05, 0) is 51.9 Å². The molecule has 0 aliphatic carbocycles. The third kappa shape index (κ3) is 4.85. The van der Waals surface area contributed by atoms with Gasteiger partial charge in [0.1, 0.15) is 11.3 Å². The number of para-hydroxylation sites is 1. The Bertz CT molecular complexity index is 1050. The van der Waals surface area contributed by atoms with Crippen LogP contribution in [0.3, 0.4) is 0 Å². The zero-order chi connectivity index (χ0) is 22.7. The van der Waals surface area contributed by atoms with Gasteiger partial charge >= 0.3 is 0 Å². The maximum Gasteiger partial charge on any atom is 0.237 e. The summed E-state index contributed by atoms with van der Waals surface area (Å²) in [7, 11) is 1.82. The molecule has 1 atom stereocenters. The first-order valence-electron chi connectivity index (χ1n) is 11.2. The SMILES string of the molecule is CCn1cc(NC(=O)C2CCN(CC(=O)N(C)C(C)c3cc4ccccc4o3)CC2)cn1. The van der Waals surface area contributed by atoms with Gasteiger partial charge in [0.25, 0.3) is 0 Å². The predicted molar refractivity (Wildman–Crippen MR) is 123 cm³/mol. The maximum atomic E-state index is 12.9. The van der Waals surface area contributed by atoms with Gasteiger partial charge in [-0.3, -0.25) is 19.2 Å². The van der Waals surface area contributed by atoms with E-state index >= 15 is 0 Å². The molecule has 1 saturated heterocycles. The molecule has 1 fully saturated rings. The minimum atomic E-state index is -0.151. The van der Waals surface area contributed by atoms with Gasteiger partial charge in [0, 0.05) is 31.1 Å². The van der Waals surface area contributed by atoms with Crippen LogP contribution in [0.1, 0.15) is 38.5 Å². The highest BCUT2D eigenvalue weighted by Gasteiger charge is 2.28. The van der Waals surface area contributed by atoms with E-state index in [2.05, 4.69) is 15.3 Å². The number of nitrogens with zero attached hydrogens (tertiary/aromatic N) is 4. The number of benzene rings is 1. The fourth-order valence-corrected chi connectivity index (χ4v) is 4.12. The van der Waals surface area contributed by atoms with E-state index in [1.165, 1.54) is 0 Å². The first-order chi connectivity index (χ1) is 15.4. The lowest BCUT2D eigenvalue weighted by atomic mass is 9.96. The molecule has 2 amide bonds. The summed E-state index contributed by atoms with van der Waals surface area (Å²) in [6.07, 6.45) is 4.99. The van der Waals surface area contributed by atoms with Crippen molar-refractivity contribution >= 4 is 28.5 Å². The molecule has 3 heterocycles. The van der Waals surface area contributed by atoms with Gasteiger partial charge in [0.15, 0.2) is 0 Å². The molecule has 4 rings (SSSR count). The van der Waals surface area contributed by atoms with Crippen molar-refractivity contribution in [2.45, 2.75) is 39.3 Å². The summed E-state index contributed by atoms with van der Waals surface area (Å²) >= 11 is 0. The smallest absolute Gasteiger partial charge is 0.237 e. The molecule has 0 spiro atoms. The molecule has 0 saturated carbocycles. The quantitative estimate of drug-likeness (QED) is 0.611. The van der Waals surface area contributed by atoms with E-state index in [0.717, 1.165) is 54.9 Å². The first kappa shape index (κ1) is 22.1. The predicted octanol–water partition coefficient (Wildman–Crippen LogP) is 3.52. The molecule has 1 N–H and O–H groups in total. The highest BCUT2D eigenvalue weighted by atomic mass is 16.3. The number of piperidine rings is 1. The average molecular weight is 438 g/mol. The topological polar surface area (TPSA) is 83.6 Å². The van der Waals surface area contributed by atoms with Crippen molar-refractivity contribution in [1.82, 2.24) is 19.6 Å². The lowest BCUT2D eigenvalue weighted by Gasteiger charge is -2.32. The zero-order valence-corrected chi connectivity index (χ0v) is 19.0. The van der Waals surface area contributed by atoms with Crippen molar-refractivity contribution in [3.63, 3.8) is 0 Å². The summed E-state index contributed by atoms with van der Waals surface area (Å²) in [5.41, 5.74) is 1.56. The molecule has 1 unspecified atom stereocenters. The average Bonchev–Trinajstić information content (AvgIpc) is 3.45. The first-order valence-corrected chi connectivity index (χ1v) is 11.2. The van der Waals surface area contributed by atoms with Gasteiger partial charge in [-0.25, -0.2) is 0 Å². The third-order valence-electron chi connectivity index (χ3n) is 6.37. The molecule has 2 aromatic heterocycles. The van der Waals surface area contributed by atoms with Crippen LogP contribution < -0.4 is 5.32 Å². The second-order valence-electron chi connectivity index (χ2n) is 8.49. The molecule has 1 aliphatic rings. The van der Waals surface area contributed by atoms with Crippen molar-refractivity contribution in [2.75, 3.05) is 32.0 Å². The number of amides is 2. The number of carbonyl (C=O) groups is 2. The molecule has 3 aromatic rings. The van der Waals surface area contributed by atoms with Gasteiger partial charge in [0.05, 0.1) is 24.5 Å². The fourth-order valence-electron chi connectivity index (χ4n) is 4.12. The van der Waals surface area contributed by atoms with Gasteiger partial charge in [-0.1, -0.05) is 18.2 Å². The van der Waals surface area contributed by atoms with E-state index in [4.69, 9.17) is 4.42 Å². The van der Waals surface area contributed by atoms with Crippen LogP contribution in [0.25, 0.3) is 11.0 Å². The van der Waals surface area contributed by atoms with Gasteiger partial charge in [-0.15, -0.1) is 0 Å². The molecule has 170 valence electrons. The summed E-state index contributed by atoms with van der Waals surface area (Å²) in [5.74, 6) is 0.817. The van der Waals surface area contributed by atoms with Crippen molar-refractivity contribution in [2.24, 2.45) is 5.92 Å². The van der Waals surface area contributed by atoms with Crippen molar-refractivity contribution in [3.05, 3.63) is 48.5 Å². The largest absolute Gasteiger partial charge is 0.459 e.